The zero-order chi connectivity index (χ0) is 18.1. The van der Waals surface area contributed by atoms with Gasteiger partial charge in [-0.2, -0.15) is 8.61 Å². The molecule has 0 N–H and O–H groups in total. The molecule has 0 aliphatic carbocycles. The van der Waals surface area contributed by atoms with Crippen molar-refractivity contribution in [3.8, 4) is 0 Å². The third kappa shape index (κ3) is 3.65. The van der Waals surface area contributed by atoms with Crippen LogP contribution in [-0.4, -0.2) is 51.6 Å². The molecule has 0 atom stereocenters. The zero-order valence-corrected chi connectivity index (χ0v) is 16.3. The number of hydrogen-bond donors (Lipinski definition) is 0. The SMILES string of the molecule is CCc1ccc(S(=O)(=O)N2CCN(S(=O)(=O)c3cccs3)CC2)cc1. The largest absolute Gasteiger partial charge is 0.252 e. The number of hydrogen-bond acceptors (Lipinski definition) is 5. The maximum absolute atomic E-state index is 12.7. The molecule has 1 aliphatic rings. The van der Waals surface area contributed by atoms with Gasteiger partial charge in [-0.05, 0) is 35.6 Å². The second-order valence-corrected chi connectivity index (χ2v) is 10.8. The molecule has 0 saturated carbocycles. The van der Waals surface area contributed by atoms with Crippen molar-refractivity contribution in [3.05, 3.63) is 47.3 Å². The highest BCUT2D eigenvalue weighted by Crippen LogP contribution is 2.24. The summed E-state index contributed by atoms with van der Waals surface area (Å²) < 4.78 is 53.5. The third-order valence-electron chi connectivity index (χ3n) is 4.26. The van der Waals surface area contributed by atoms with Gasteiger partial charge in [0.15, 0.2) is 0 Å². The molecule has 2 heterocycles. The Labute approximate surface area is 152 Å². The minimum atomic E-state index is -3.60. The summed E-state index contributed by atoms with van der Waals surface area (Å²) in [4.78, 5) is 0.249. The number of benzene rings is 1. The number of rotatable bonds is 5. The number of nitrogens with zero attached hydrogens (tertiary/aromatic N) is 2. The van der Waals surface area contributed by atoms with Crippen LogP contribution in [0.1, 0.15) is 12.5 Å². The first kappa shape index (κ1) is 18.5. The van der Waals surface area contributed by atoms with E-state index in [0.29, 0.717) is 4.21 Å². The molecule has 2 aromatic rings. The summed E-state index contributed by atoms with van der Waals surface area (Å²) in [6.07, 6.45) is 0.847. The average molecular weight is 401 g/mol. The monoisotopic (exact) mass is 400 g/mol. The van der Waals surface area contributed by atoms with Crippen LogP contribution in [0.5, 0.6) is 0 Å². The summed E-state index contributed by atoms with van der Waals surface area (Å²) in [7, 11) is -7.13. The van der Waals surface area contributed by atoms with E-state index in [0.717, 1.165) is 12.0 Å². The van der Waals surface area contributed by atoms with Crippen molar-refractivity contribution in [3.63, 3.8) is 0 Å². The quantitative estimate of drug-likeness (QED) is 0.769. The Kier molecular flexibility index (Phi) is 5.31. The van der Waals surface area contributed by atoms with Gasteiger partial charge in [0.1, 0.15) is 4.21 Å². The molecule has 0 spiro atoms. The molecular formula is C16H20N2O4S3. The molecule has 1 aromatic carbocycles. The van der Waals surface area contributed by atoms with Gasteiger partial charge in [0.25, 0.3) is 10.0 Å². The topological polar surface area (TPSA) is 74.8 Å². The number of aryl methyl sites for hydroxylation is 1. The highest BCUT2D eigenvalue weighted by atomic mass is 32.2. The fourth-order valence-corrected chi connectivity index (χ4v) is 6.72. The van der Waals surface area contributed by atoms with E-state index in [1.54, 1.807) is 29.6 Å². The van der Waals surface area contributed by atoms with Crippen molar-refractivity contribution < 1.29 is 16.8 Å². The first-order valence-electron chi connectivity index (χ1n) is 7.98. The average Bonchev–Trinajstić information content (AvgIpc) is 3.17. The third-order valence-corrected chi connectivity index (χ3v) is 9.44. The van der Waals surface area contributed by atoms with Crippen molar-refractivity contribution in [1.82, 2.24) is 8.61 Å². The summed E-state index contributed by atoms with van der Waals surface area (Å²) in [6.45, 7) is 2.64. The van der Waals surface area contributed by atoms with Gasteiger partial charge in [0, 0.05) is 26.2 Å². The molecule has 6 nitrogen and oxygen atoms in total. The maximum atomic E-state index is 12.7. The van der Waals surface area contributed by atoms with Crippen LogP contribution in [0, 0.1) is 0 Å². The van der Waals surface area contributed by atoms with E-state index in [-0.39, 0.29) is 31.1 Å². The Balaban J connectivity index is 1.73. The lowest BCUT2D eigenvalue weighted by atomic mass is 10.2. The van der Waals surface area contributed by atoms with Crippen LogP contribution in [-0.2, 0) is 26.5 Å². The van der Waals surface area contributed by atoms with Crippen LogP contribution in [0.15, 0.2) is 50.9 Å². The van der Waals surface area contributed by atoms with Gasteiger partial charge in [-0.1, -0.05) is 25.1 Å². The second-order valence-electron chi connectivity index (χ2n) is 5.74. The van der Waals surface area contributed by atoms with Crippen molar-refractivity contribution in [2.45, 2.75) is 22.4 Å². The zero-order valence-electron chi connectivity index (χ0n) is 13.8. The summed E-state index contributed by atoms with van der Waals surface area (Å²) in [5, 5.41) is 1.72. The highest BCUT2D eigenvalue weighted by molar-refractivity contribution is 7.91. The molecule has 0 bridgehead atoms. The minimum Gasteiger partial charge on any atom is -0.207 e. The predicted octanol–water partition coefficient (Wildman–Crippen LogP) is 2.01. The molecule has 9 heteroatoms. The van der Waals surface area contributed by atoms with Gasteiger partial charge in [-0.3, -0.25) is 0 Å². The van der Waals surface area contributed by atoms with Gasteiger partial charge in [0.05, 0.1) is 4.90 Å². The number of sulfonamides is 2. The Morgan fingerprint density at radius 2 is 1.44 bits per heavy atom. The molecule has 0 amide bonds. The van der Waals surface area contributed by atoms with Crippen LogP contribution >= 0.6 is 11.3 Å². The van der Waals surface area contributed by atoms with Crippen molar-refractivity contribution in [2.24, 2.45) is 0 Å². The van der Waals surface area contributed by atoms with Crippen LogP contribution in [0.4, 0.5) is 0 Å². The van der Waals surface area contributed by atoms with Crippen LogP contribution < -0.4 is 0 Å². The Bertz CT molecular complexity index is 912. The predicted molar refractivity (Wildman–Crippen MR) is 97.7 cm³/mol. The minimum absolute atomic E-state index is 0.155. The highest BCUT2D eigenvalue weighted by Gasteiger charge is 2.34. The lowest BCUT2D eigenvalue weighted by molar-refractivity contribution is 0.273. The van der Waals surface area contributed by atoms with Gasteiger partial charge in [-0.25, -0.2) is 16.8 Å². The molecule has 1 aromatic heterocycles. The molecule has 136 valence electrons. The molecule has 1 aliphatic heterocycles. The summed E-state index contributed by atoms with van der Waals surface area (Å²) in [5.41, 5.74) is 1.07. The summed E-state index contributed by atoms with van der Waals surface area (Å²) in [6, 6.07) is 10.1. The standard InChI is InChI=1S/C16H20N2O4S3/c1-2-14-5-7-15(8-6-14)24(19,20)17-9-11-18(12-10-17)25(21,22)16-4-3-13-23-16/h3-8,13H,2,9-12H2,1H3. The smallest absolute Gasteiger partial charge is 0.207 e. The Hall–Kier alpha value is -1.26. The molecule has 1 fully saturated rings. The summed E-state index contributed by atoms with van der Waals surface area (Å²) in [5.74, 6) is 0. The van der Waals surface area contributed by atoms with E-state index in [4.69, 9.17) is 0 Å². The van der Waals surface area contributed by atoms with E-state index >= 15 is 0 Å². The first-order valence-corrected chi connectivity index (χ1v) is 11.7. The molecule has 25 heavy (non-hydrogen) atoms. The molecule has 3 rings (SSSR count). The lowest BCUT2D eigenvalue weighted by Gasteiger charge is -2.33. The maximum Gasteiger partial charge on any atom is 0.252 e. The van der Waals surface area contributed by atoms with Gasteiger partial charge >= 0.3 is 0 Å². The van der Waals surface area contributed by atoms with Crippen LogP contribution in [0.3, 0.4) is 0 Å². The fraction of sp³-hybridized carbons (Fsp3) is 0.375. The van der Waals surface area contributed by atoms with E-state index < -0.39 is 20.0 Å². The Morgan fingerprint density at radius 1 is 0.880 bits per heavy atom. The van der Waals surface area contributed by atoms with Crippen LogP contribution in [0.25, 0.3) is 0 Å². The van der Waals surface area contributed by atoms with Crippen LogP contribution in [0.2, 0.25) is 0 Å². The van der Waals surface area contributed by atoms with E-state index in [9.17, 15) is 16.8 Å². The lowest BCUT2D eigenvalue weighted by Crippen LogP contribution is -2.50. The van der Waals surface area contributed by atoms with Gasteiger partial charge < -0.3 is 0 Å². The van der Waals surface area contributed by atoms with Gasteiger partial charge in [-0.15, -0.1) is 11.3 Å². The van der Waals surface area contributed by atoms with Gasteiger partial charge in [0.2, 0.25) is 10.0 Å². The summed E-state index contributed by atoms with van der Waals surface area (Å²) >= 11 is 1.17. The number of piperazine rings is 1. The number of thiophene rings is 1. The molecule has 0 unspecified atom stereocenters. The van der Waals surface area contributed by atoms with E-state index in [1.165, 1.54) is 19.9 Å². The second kappa shape index (κ2) is 7.16. The first-order chi connectivity index (χ1) is 11.9. The molecule has 0 radical (unpaired) electrons. The van der Waals surface area contributed by atoms with Crippen molar-refractivity contribution in [1.29, 1.82) is 0 Å². The van der Waals surface area contributed by atoms with E-state index in [1.807, 2.05) is 19.1 Å². The fourth-order valence-electron chi connectivity index (χ4n) is 2.73. The normalized spacial score (nSPS) is 17.6. The van der Waals surface area contributed by atoms with Crippen molar-refractivity contribution >= 4 is 31.4 Å². The van der Waals surface area contributed by atoms with E-state index in [2.05, 4.69) is 0 Å². The Morgan fingerprint density at radius 3 is 1.92 bits per heavy atom. The van der Waals surface area contributed by atoms with Crippen molar-refractivity contribution in [2.75, 3.05) is 26.2 Å². The molecule has 1 saturated heterocycles. The molecular weight excluding hydrogens is 380 g/mol.